The zero-order valence-corrected chi connectivity index (χ0v) is 21.6. The Hall–Kier alpha value is -3.50. The van der Waals surface area contributed by atoms with E-state index in [0.717, 1.165) is 41.3 Å². The second-order valence-corrected chi connectivity index (χ2v) is 10.6. The molecule has 196 valence electrons. The topological polar surface area (TPSA) is 147 Å². The van der Waals surface area contributed by atoms with E-state index in [4.69, 9.17) is 28.1 Å². The first-order valence-corrected chi connectivity index (χ1v) is 13.3. The number of amides is 1. The third-order valence-corrected chi connectivity index (χ3v) is 8.18. The van der Waals surface area contributed by atoms with E-state index in [9.17, 15) is 4.79 Å². The Kier molecular flexibility index (Phi) is 6.75. The summed E-state index contributed by atoms with van der Waals surface area (Å²) in [6.45, 7) is 0. The van der Waals surface area contributed by atoms with E-state index in [0.29, 0.717) is 40.7 Å². The van der Waals surface area contributed by atoms with Gasteiger partial charge in [0, 0.05) is 35.0 Å². The number of nitrogens with zero attached hydrogens (tertiary/aromatic N) is 2. The Morgan fingerprint density at radius 3 is 2.82 bits per heavy atom. The number of imidazole rings is 1. The molecular formula is C28H31ClN8O. The number of halogens is 1. The highest BCUT2D eigenvalue weighted by Gasteiger charge is 2.40. The molecule has 3 heterocycles. The van der Waals surface area contributed by atoms with E-state index in [-0.39, 0.29) is 18.0 Å². The average Bonchev–Trinajstić information content (AvgIpc) is 3.50. The van der Waals surface area contributed by atoms with E-state index in [1.54, 1.807) is 12.3 Å². The van der Waals surface area contributed by atoms with Gasteiger partial charge in [0.2, 0.25) is 0 Å². The quantitative estimate of drug-likeness (QED) is 0.223. The van der Waals surface area contributed by atoms with Gasteiger partial charge in [-0.3, -0.25) is 10.2 Å². The molecule has 1 saturated heterocycles. The smallest absolute Gasteiger partial charge is 0.251 e. The number of hydrazine groups is 1. The summed E-state index contributed by atoms with van der Waals surface area (Å²) in [4.78, 5) is 25.8. The van der Waals surface area contributed by atoms with Gasteiger partial charge in [0.05, 0.1) is 17.9 Å². The molecule has 4 aromatic rings. The maximum atomic E-state index is 13.4. The van der Waals surface area contributed by atoms with Gasteiger partial charge in [-0.15, -0.1) is 0 Å². The summed E-state index contributed by atoms with van der Waals surface area (Å²) in [7, 11) is 0. The van der Waals surface area contributed by atoms with Crippen LogP contribution in [0.15, 0.2) is 60.8 Å². The molecule has 1 aliphatic heterocycles. The van der Waals surface area contributed by atoms with Gasteiger partial charge in [-0.1, -0.05) is 41.9 Å². The van der Waals surface area contributed by atoms with Crippen LogP contribution in [0.4, 0.5) is 5.82 Å². The summed E-state index contributed by atoms with van der Waals surface area (Å²) >= 11 is 6.70. The summed E-state index contributed by atoms with van der Waals surface area (Å²) in [6, 6.07) is 17.2. The van der Waals surface area contributed by atoms with E-state index >= 15 is 0 Å². The Bertz CT molecular complexity index is 1460. The van der Waals surface area contributed by atoms with Crippen LogP contribution < -0.4 is 27.6 Å². The number of benzene rings is 2. The molecule has 8 N–H and O–H groups in total. The lowest BCUT2D eigenvalue weighted by Gasteiger charge is -2.31. The minimum Gasteiger partial charge on any atom is -0.383 e. The average molecular weight is 531 g/mol. The third-order valence-electron chi connectivity index (χ3n) is 7.89. The Morgan fingerprint density at radius 1 is 1.13 bits per heavy atom. The number of nitrogens with two attached hydrogens (primary N) is 2. The van der Waals surface area contributed by atoms with E-state index in [2.05, 4.69) is 26.1 Å². The Balaban J connectivity index is 1.27. The van der Waals surface area contributed by atoms with Crippen molar-refractivity contribution in [2.45, 2.75) is 49.9 Å². The minimum atomic E-state index is -0.398. The number of hydrogen-bond donors (Lipinski definition) is 6. The number of rotatable bonds is 6. The van der Waals surface area contributed by atoms with Crippen LogP contribution >= 0.6 is 11.6 Å². The molecule has 4 unspecified atom stereocenters. The van der Waals surface area contributed by atoms with Crippen LogP contribution in [-0.2, 0) is 6.42 Å². The third kappa shape index (κ3) is 4.86. The first-order valence-electron chi connectivity index (χ1n) is 13.0. The van der Waals surface area contributed by atoms with Gasteiger partial charge in [-0.25, -0.2) is 15.4 Å². The highest BCUT2D eigenvalue weighted by molar-refractivity contribution is 6.30. The van der Waals surface area contributed by atoms with Gasteiger partial charge >= 0.3 is 0 Å². The second kappa shape index (κ2) is 10.3. The van der Waals surface area contributed by atoms with E-state index in [1.807, 2.05) is 48.5 Å². The number of nitrogen functional groups attached to an aromatic ring is 1. The molecular weight excluding hydrogens is 500 g/mol. The number of H-pyrrole nitrogens is 1. The number of carbonyl (C=O) groups excluding carboxylic acids is 1. The van der Waals surface area contributed by atoms with Crippen LogP contribution in [0.25, 0.3) is 10.8 Å². The number of anilines is 1. The second-order valence-electron chi connectivity index (χ2n) is 10.3. The Morgan fingerprint density at radius 2 is 1.97 bits per heavy atom. The van der Waals surface area contributed by atoms with Crippen molar-refractivity contribution >= 4 is 34.1 Å². The highest BCUT2D eigenvalue weighted by atomic mass is 35.5. The van der Waals surface area contributed by atoms with Crippen LogP contribution in [0.1, 0.15) is 58.7 Å². The molecule has 0 bridgehead atoms. The fraction of sp³-hybridized carbons (Fsp3) is 0.321. The minimum absolute atomic E-state index is 0.0259. The summed E-state index contributed by atoms with van der Waals surface area (Å²) in [6.07, 6.45) is 5.08. The number of fused-ring (bicyclic) bond motifs is 2. The largest absolute Gasteiger partial charge is 0.383 e. The maximum absolute atomic E-state index is 13.4. The van der Waals surface area contributed by atoms with Crippen molar-refractivity contribution in [3.05, 3.63) is 88.6 Å². The predicted octanol–water partition coefficient (Wildman–Crippen LogP) is 3.55. The standard InChI is InChI=1S/C28H31ClN8O/c29-24-23(17-6-9-20-21(14-17)36-37-26(20)31)34-27(35-24)22(12-15-4-2-1-3-5-15)33-28(38)18-7-8-19-16(13-18)10-11-32-25(19)30/h1-5,7-8,10-11,13,17,20-22,26,36-37H,6,9,12,14,31H2,(H2,30,32)(H,33,38)(H,34,35)/t17?,20?,21?,22-,26?/m0/s1. The van der Waals surface area contributed by atoms with E-state index < -0.39 is 6.04 Å². The number of nitrogens with one attached hydrogen (secondary N) is 4. The van der Waals surface area contributed by atoms with Crippen LogP contribution in [0.3, 0.4) is 0 Å². The van der Waals surface area contributed by atoms with Crippen molar-refractivity contribution in [3.63, 3.8) is 0 Å². The lowest BCUT2D eigenvalue weighted by atomic mass is 9.77. The zero-order valence-electron chi connectivity index (χ0n) is 20.8. The molecule has 2 fully saturated rings. The van der Waals surface area contributed by atoms with Crippen LogP contribution in [0, 0.1) is 5.92 Å². The molecule has 1 saturated carbocycles. The summed E-state index contributed by atoms with van der Waals surface area (Å²) < 4.78 is 0. The number of pyridine rings is 1. The maximum Gasteiger partial charge on any atom is 0.251 e. The van der Waals surface area contributed by atoms with Gasteiger partial charge in [-0.2, -0.15) is 0 Å². The lowest BCUT2D eigenvalue weighted by Crippen LogP contribution is -2.39. The monoisotopic (exact) mass is 530 g/mol. The van der Waals surface area contributed by atoms with Crippen LogP contribution in [-0.4, -0.2) is 33.1 Å². The summed E-state index contributed by atoms with van der Waals surface area (Å²) in [5.74, 6) is 1.53. The van der Waals surface area contributed by atoms with Crippen molar-refractivity contribution < 1.29 is 4.79 Å². The first kappa shape index (κ1) is 24.8. The summed E-state index contributed by atoms with van der Waals surface area (Å²) in [5.41, 5.74) is 21.2. The number of aromatic nitrogens is 3. The molecule has 2 aliphatic rings. The molecule has 2 aromatic heterocycles. The fourth-order valence-corrected chi connectivity index (χ4v) is 6.12. The predicted molar refractivity (Wildman–Crippen MR) is 148 cm³/mol. The molecule has 38 heavy (non-hydrogen) atoms. The zero-order chi connectivity index (χ0) is 26.2. The van der Waals surface area contributed by atoms with Gasteiger partial charge in [-0.05, 0) is 60.9 Å². The fourth-order valence-electron chi connectivity index (χ4n) is 5.83. The summed E-state index contributed by atoms with van der Waals surface area (Å²) in [5, 5.41) is 5.32. The van der Waals surface area contributed by atoms with Gasteiger partial charge in [0.1, 0.15) is 11.6 Å². The van der Waals surface area contributed by atoms with Crippen LogP contribution in [0.2, 0.25) is 5.15 Å². The van der Waals surface area contributed by atoms with Crippen molar-refractivity contribution in [2.24, 2.45) is 11.7 Å². The van der Waals surface area contributed by atoms with Crippen molar-refractivity contribution in [3.8, 4) is 0 Å². The number of aromatic amines is 1. The van der Waals surface area contributed by atoms with Crippen molar-refractivity contribution in [1.82, 2.24) is 31.1 Å². The molecule has 6 rings (SSSR count). The SMILES string of the molecule is Nc1nccc2cc(C(=O)N[C@@H](Cc3ccccc3)c3nc(Cl)c(C4CCC5C(N)NNC5C4)[nH]3)ccc12. The number of hydrogen-bond acceptors (Lipinski definition) is 7. The molecule has 2 aromatic carbocycles. The highest BCUT2D eigenvalue weighted by Crippen LogP contribution is 2.40. The van der Waals surface area contributed by atoms with Gasteiger partial charge in [0.25, 0.3) is 5.91 Å². The molecule has 0 radical (unpaired) electrons. The molecule has 9 nitrogen and oxygen atoms in total. The number of carbonyl (C=O) groups is 1. The molecule has 5 atom stereocenters. The Labute approximate surface area is 225 Å². The van der Waals surface area contributed by atoms with Gasteiger partial charge < -0.3 is 21.8 Å². The van der Waals surface area contributed by atoms with E-state index in [1.165, 1.54) is 0 Å². The normalized spacial score (nSPS) is 23.7. The molecule has 10 heteroatoms. The first-order chi connectivity index (χ1) is 18.5. The molecule has 0 spiro atoms. The van der Waals surface area contributed by atoms with Gasteiger partial charge in [0.15, 0.2) is 5.15 Å². The van der Waals surface area contributed by atoms with Crippen molar-refractivity contribution in [1.29, 1.82) is 0 Å². The molecule has 1 aliphatic carbocycles. The van der Waals surface area contributed by atoms with Crippen LogP contribution in [0.5, 0.6) is 0 Å². The lowest BCUT2D eigenvalue weighted by molar-refractivity contribution is 0.0935. The van der Waals surface area contributed by atoms with Crippen molar-refractivity contribution in [2.75, 3.05) is 5.73 Å². The molecule has 1 amide bonds.